The molecule has 1 aliphatic heterocycles. The summed E-state index contributed by atoms with van der Waals surface area (Å²) in [6, 6.07) is 15.7. The molecule has 2 aromatic carbocycles. The van der Waals surface area contributed by atoms with E-state index in [9.17, 15) is 13.2 Å². The molecule has 2 amide bonds. The van der Waals surface area contributed by atoms with Crippen molar-refractivity contribution in [3.05, 3.63) is 54.1 Å². The number of amides is 2. The van der Waals surface area contributed by atoms with Crippen LogP contribution in [0.5, 0.6) is 11.5 Å². The van der Waals surface area contributed by atoms with Gasteiger partial charge in [-0.1, -0.05) is 51.2 Å². The Morgan fingerprint density at radius 1 is 0.927 bits per heavy atom. The number of hydrogen-bond acceptors (Lipinski definition) is 5. The van der Waals surface area contributed by atoms with Crippen LogP contribution in [0, 0.1) is 0 Å². The van der Waals surface area contributed by atoms with Crippen LogP contribution < -0.4 is 14.8 Å². The zero-order chi connectivity index (χ0) is 28.4. The molecule has 0 spiro atoms. The fourth-order valence-electron chi connectivity index (χ4n) is 5.70. The molecule has 2 aliphatic rings. The van der Waals surface area contributed by atoms with Gasteiger partial charge in [-0.15, -0.1) is 12.4 Å². The summed E-state index contributed by atoms with van der Waals surface area (Å²) in [4.78, 5) is 17.9. The number of carbonyl (C=O) groups excluding carboxylic acids is 1. The van der Waals surface area contributed by atoms with E-state index in [1.807, 2.05) is 12.1 Å². The Hall–Kier alpha value is -2.49. The van der Waals surface area contributed by atoms with Gasteiger partial charge < -0.3 is 15.0 Å². The lowest BCUT2D eigenvalue weighted by molar-refractivity contribution is 0.148. The number of unbranched alkanes of at least 4 members (excludes halogenated alkanes) is 1. The summed E-state index contributed by atoms with van der Waals surface area (Å²) >= 11 is 0. The second-order valence-corrected chi connectivity index (χ2v) is 13.1. The Kier molecular flexibility index (Phi) is 13.1. The van der Waals surface area contributed by atoms with Crippen molar-refractivity contribution >= 4 is 34.1 Å². The van der Waals surface area contributed by atoms with Gasteiger partial charge in [0.25, 0.3) is 0 Å². The number of hydrogen-bond donors (Lipinski definition) is 2. The van der Waals surface area contributed by atoms with Crippen LogP contribution >= 0.6 is 12.4 Å². The fourth-order valence-corrected chi connectivity index (χ4v) is 6.27. The number of piperidine rings is 1. The molecule has 4 rings (SSSR count). The summed E-state index contributed by atoms with van der Waals surface area (Å²) < 4.78 is 31.1. The molecule has 1 aliphatic carbocycles. The molecule has 0 radical (unpaired) electrons. The normalized spacial score (nSPS) is 17.2. The summed E-state index contributed by atoms with van der Waals surface area (Å²) in [5.74, 6) is 1.37. The van der Waals surface area contributed by atoms with Crippen LogP contribution in [0.3, 0.4) is 0 Å². The van der Waals surface area contributed by atoms with Gasteiger partial charge in [0.2, 0.25) is 10.0 Å². The van der Waals surface area contributed by atoms with Gasteiger partial charge in [-0.25, -0.2) is 13.2 Å². The van der Waals surface area contributed by atoms with Gasteiger partial charge in [0.05, 0.1) is 6.26 Å². The largest absolute Gasteiger partial charge is 0.457 e. The molecule has 0 atom stereocenters. The second-order valence-electron chi connectivity index (χ2n) is 11.3. The maximum atomic E-state index is 13.3. The van der Waals surface area contributed by atoms with E-state index in [1.54, 1.807) is 24.3 Å². The number of rotatable bonds is 11. The molecular weight excluding hydrogens is 560 g/mol. The molecule has 0 unspecified atom stereocenters. The van der Waals surface area contributed by atoms with E-state index in [-0.39, 0.29) is 24.5 Å². The number of benzene rings is 2. The first-order valence-electron chi connectivity index (χ1n) is 14.9. The quantitative estimate of drug-likeness (QED) is 0.275. The lowest BCUT2D eigenvalue weighted by atomic mass is 10.0. The molecule has 1 saturated heterocycles. The molecule has 1 heterocycles. The van der Waals surface area contributed by atoms with E-state index in [0.29, 0.717) is 17.5 Å². The van der Waals surface area contributed by atoms with Crippen LogP contribution in [-0.2, 0) is 16.6 Å². The number of urea groups is 1. The van der Waals surface area contributed by atoms with Crippen molar-refractivity contribution in [3.8, 4) is 11.5 Å². The van der Waals surface area contributed by atoms with E-state index in [4.69, 9.17) is 4.74 Å². The van der Waals surface area contributed by atoms with E-state index in [0.717, 1.165) is 76.7 Å². The summed E-state index contributed by atoms with van der Waals surface area (Å²) in [7, 11) is -3.30. The molecule has 1 saturated carbocycles. The lowest BCUT2D eigenvalue weighted by Gasteiger charge is -2.36. The van der Waals surface area contributed by atoms with Gasteiger partial charge in [0, 0.05) is 44.0 Å². The maximum absolute atomic E-state index is 13.3. The molecule has 41 heavy (non-hydrogen) atoms. The van der Waals surface area contributed by atoms with Gasteiger partial charge in [-0.2, -0.15) is 0 Å². The first-order valence-corrected chi connectivity index (χ1v) is 16.8. The molecule has 0 bridgehead atoms. The number of sulfonamides is 1. The molecule has 8 nitrogen and oxygen atoms in total. The summed E-state index contributed by atoms with van der Waals surface area (Å²) in [5.41, 5.74) is 1.73. The molecule has 10 heteroatoms. The van der Waals surface area contributed by atoms with Crippen LogP contribution in [0.2, 0.25) is 0 Å². The van der Waals surface area contributed by atoms with Gasteiger partial charge in [0.15, 0.2) is 0 Å². The molecule has 228 valence electrons. The average molecular weight is 607 g/mol. The maximum Gasteiger partial charge on any atom is 0.317 e. The Labute approximate surface area is 252 Å². The van der Waals surface area contributed by atoms with E-state index < -0.39 is 10.0 Å². The summed E-state index contributed by atoms with van der Waals surface area (Å²) in [6.07, 6.45) is 12.6. The number of ether oxygens (including phenoxy) is 1. The van der Waals surface area contributed by atoms with Crippen LogP contribution in [0.1, 0.15) is 76.7 Å². The minimum absolute atomic E-state index is 0. The minimum atomic E-state index is -3.30. The Bertz CT molecular complexity index is 1160. The highest BCUT2D eigenvalue weighted by molar-refractivity contribution is 7.92. The molecule has 2 aromatic rings. The third kappa shape index (κ3) is 11.0. The van der Waals surface area contributed by atoms with Crippen molar-refractivity contribution < 1.29 is 17.9 Å². The van der Waals surface area contributed by atoms with Crippen LogP contribution in [0.4, 0.5) is 10.5 Å². The van der Waals surface area contributed by atoms with Crippen molar-refractivity contribution in [2.45, 2.75) is 89.8 Å². The predicted molar refractivity (Wildman–Crippen MR) is 169 cm³/mol. The summed E-state index contributed by atoms with van der Waals surface area (Å²) in [5, 5.41) is 3.39. The standard InChI is InChI=1S/C31H46N4O4S.ClH/c1-3-4-21-35(28-9-7-5-6-8-10-28)31(36)32-26-19-22-34(23-20-26)24-25-11-15-29(16-12-25)39-30-17-13-27(14-18-30)33-40(2,37)38;/h11-18,26,28,33H,3-10,19-24H2,1-2H3,(H,32,36);1H. The topological polar surface area (TPSA) is 91.0 Å². The monoisotopic (exact) mass is 606 g/mol. The van der Waals surface area contributed by atoms with Gasteiger partial charge in [-0.3, -0.25) is 9.62 Å². The van der Waals surface area contributed by atoms with Crippen molar-refractivity contribution in [3.63, 3.8) is 0 Å². The summed E-state index contributed by atoms with van der Waals surface area (Å²) in [6.45, 7) is 5.88. The first-order chi connectivity index (χ1) is 19.3. The third-order valence-electron chi connectivity index (χ3n) is 7.92. The van der Waals surface area contributed by atoms with Crippen LogP contribution in [-0.4, -0.2) is 62.2 Å². The number of likely N-dealkylation sites (tertiary alicyclic amines) is 1. The SMILES string of the molecule is CCCCN(C(=O)NC1CCN(Cc2ccc(Oc3ccc(NS(C)(=O)=O)cc3)cc2)CC1)C1CCCCCC1.Cl. The Morgan fingerprint density at radius 3 is 2.07 bits per heavy atom. The number of anilines is 1. The fraction of sp³-hybridized carbons (Fsp3) is 0.581. The number of nitrogens with one attached hydrogen (secondary N) is 2. The highest BCUT2D eigenvalue weighted by atomic mass is 35.5. The number of halogens is 1. The Balaban J connectivity index is 0.00000462. The molecular formula is C31H47ClN4O4S. The number of carbonyl (C=O) groups is 1. The van der Waals surface area contributed by atoms with Gasteiger partial charge >= 0.3 is 6.03 Å². The predicted octanol–water partition coefficient (Wildman–Crippen LogP) is 6.77. The highest BCUT2D eigenvalue weighted by Gasteiger charge is 2.27. The zero-order valence-electron chi connectivity index (χ0n) is 24.5. The minimum Gasteiger partial charge on any atom is -0.457 e. The highest BCUT2D eigenvalue weighted by Crippen LogP contribution is 2.25. The van der Waals surface area contributed by atoms with Gasteiger partial charge in [-0.05, 0) is 74.1 Å². The average Bonchev–Trinajstić information content (AvgIpc) is 3.21. The van der Waals surface area contributed by atoms with Crippen molar-refractivity contribution in [2.75, 3.05) is 30.6 Å². The third-order valence-corrected chi connectivity index (χ3v) is 8.52. The number of nitrogens with zero attached hydrogens (tertiary/aromatic N) is 2. The second kappa shape index (κ2) is 16.2. The van der Waals surface area contributed by atoms with Crippen LogP contribution in [0.15, 0.2) is 48.5 Å². The van der Waals surface area contributed by atoms with Gasteiger partial charge in [0.1, 0.15) is 11.5 Å². The molecule has 2 fully saturated rings. The first kappa shape index (κ1) is 33.0. The van der Waals surface area contributed by atoms with Crippen molar-refractivity contribution in [1.29, 1.82) is 0 Å². The molecule has 2 N–H and O–H groups in total. The molecule has 0 aromatic heterocycles. The zero-order valence-corrected chi connectivity index (χ0v) is 26.1. The van der Waals surface area contributed by atoms with Crippen molar-refractivity contribution in [1.82, 2.24) is 15.1 Å². The van der Waals surface area contributed by atoms with E-state index >= 15 is 0 Å². The van der Waals surface area contributed by atoms with E-state index in [2.05, 4.69) is 38.9 Å². The van der Waals surface area contributed by atoms with Crippen LogP contribution in [0.25, 0.3) is 0 Å². The lowest BCUT2D eigenvalue weighted by Crippen LogP contribution is -2.52. The smallest absolute Gasteiger partial charge is 0.317 e. The van der Waals surface area contributed by atoms with E-state index in [1.165, 1.54) is 31.2 Å². The Morgan fingerprint density at radius 2 is 1.51 bits per heavy atom. The van der Waals surface area contributed by atoms with Crippen molar-refractivity contribution in [2.24, 2.45) is 0 Å².